The largest absolute Gasteiger partial charge is 0.364 e. The van der Waals surface area contributed by atoms with Crippen LogP contribution in [0.5, 0.6) is 0 Å². The number of hydrogen-bond acceptors (Lipinski definition) is 3. The molecule has 1 aromatic carbocycles. The van der Waals surface area contributed by atoms with Crippen molar-refractivity contribution in [2.24, 2.45) is 11.7 Å². The van der Waals surface area contributed by atoms with E-state index in [0.29, 0.717) is 23.4 Å². The number of H-pyrrole nitrogens is 1. The lowest BCUT2D eigenvalue weighted by Crippen LogP contribution is -2.27. The van der Waals surface area contributed by atoms with Gasteiger partial charge in [-0.2, -0.15) is 0 Å². The van der Waals surface area contributed by atoms with Crippen LogP contribution >= 0.6 is 15.9 Å². The van der Waals surface area contributed by atoms with Crippen molar-refractivity contribution in [3.05, 3.63) is 28.4 Å². The Morgan fingerprint density at radius 1 is 1.27 bits per heavy atom. The second kappa shape index (κ2) is 8.10. The molecule has 8 heteroatoms. The van der Waals surface area contributed by atoms with Gasteiger partial charge in [0.1, 0.15) is 10.6 Å². The molecule has 1 aromatic heterocycles. The quantitative estimate of drug-likeness (QED) is 0.570. The van der Waals surface area contributed by atoms with Gasteiger partial charge in [0.25, 0.3) is 5.91 Å². The number of sulfonamides is 1. The first kappa shape index (κ1) is 19.4. The van der Waals surface area contributed by atoms with Crippen LogP contribution in [-0.4, -0.2) is 25.9 Å². The molecule has 142 valence electrons. The molecule has 0 bridgehead atoms. The van der Waals surface area contributed by atoms with Crippen molar-refractivity contribution >= 4 is 42.8 Å². The van der Waals surface area contributed by atoms with Gasteiger partial charge in [-0.1, -0.05) is 48.0 Å². The highest BCUT2D eigenvalue weighted by molar-refractivity contribution is 9.10. The van der Waals surface area contributed by atoms with Gasteiger partial charge >= 0.3 is 0 Å². The molecule has 26 heavy (non-hydrogen) atoms. The molecule has 1 aliphatic rings. The van der Waals surface area contributed by atoms with E-state index in [9.17, 15) is 13.2 Å². The van der Waals surface area contributed by atoms with Crippen LogP contribution in [0, 0.1) is 5.92 Å². The van der Waals surface area contributed by atoms with Crippen molar-refractivity contribution in [1.29, 1.82) is 0 Å². The maximum absolute atomic E-state index is 12.8. The van der Waals surface area contributed by atoms with E-state index in [-0.39, 0.29) is 10.6 Å². The molecule has 6 nitrogen and oxygen atoms in total. The summed E-state index contributed by atoms with van der Waals surface area (Å²) in [5.74, 6) is -0.0848. The molecule has 1 fully saturated rings. The fourth-order valence-corrected chi connectivity index (χ4v) is 5.53. The Bertz CT molecular complexity index is 902. The van der Waals surface area contributed by atoms with Gasteiger partial charge in [-0.15, -0.1) is 0 Å². The van der Waals surface area contributed by atoms with Crippen molar-refractivity contribution in [1.82, 2.24) is 9.71 Å². The Morgan fingerprint density at radius 3 is 2.69 bits per heavy atom. The fraction of sp³-hybridized carbons (Fsp3) is 0.500. The smallest absolute Gasteiger partial charge is 0.266 e. The molecule has 0 radical (unpaired) electrons. The van der Waals surface area contributed by atoms with Crippen LogP contribution in [0.3, 0.4) is 0 Å². The average Bonchev–Trinajstić information content (AvgIpc) is 2.99. The second-order valence-electron chi connectivity index (χ2n) is 6.93. The molecule has 1 heterocycles. The van der Waals surface area contributed by atoms with Gasteiger partial charge in [0, 0.05) is 21.9 Å². The van der Waals surface area contributed by atoms with Gasteiger partial charge in [-0.3, -0.25) is 4.79 Å². The predicted molar refractivity (Wildman–Crippen MR) is 106 cm³/mol. The molecule has 3 rings (SSSR count). The van der Waals surface area contributed by atoms with Crippen LogP contribution in [-0.2, 0) is 10.0 Å². The number of aromatic amines is 1. The zero-order valence-corrected chi connectivity index (χ0v) is 17.0. The monoisotopic (exact) mass is 441 g/mol. The number of carbonyl (C=O) groups is 1. The number of hydrogen-bond donors (Lipinski definition) is 3. The molecule has 0 atom stereocenters. The molecule has 0 spiro atoms. The molecule has 0 unspecified atom stereocenters. The number of nitrogens with two attached hydrogens (primary N) is 1. The third-order valence-corrected chi connectivity index (χ3v) is 7.07. The van der Waals surface area contributed by atoms with Gasteiger partial charge in [0.05, 0.1) is 0 Å². The number of halogens is 1. The molecule has 1 saturated carbocycles. The molecule has 1 aliphatic carbocycles. The lowest BCUT2D eigenvalue weighted by Gasteiger charge is -2.21. The first-order chi connectivity index (χ1) is 12.4. The number of amides is 1. The lowest BCUT2D eigenvalue weighted by molar-refractivity contribution is 0.0993. The number of carbonyl (C=O) groups excluding carboxylic acids is 1. The molecule has 2 aromatic rings. The standard InChI is InChI=1S/C18H24BrN3O3S/c19-13-8-9-15-14(11-13)17(16(22-15)18(20)23)26(24,25)21-10-4-7-12-5-2-1-3-6-12/h8-9,11-12,21-22H,1-7,10H2,(H2,20,23). The maximum Gasteiger partial charge on any atom is 0.266 e. The molecule has 0 saturated heterocycles. The van der Waals surface area contributed by atoms with E-state index in [1.165, 1.54) is 32.1 Å². The van der Waals surface area contributed by atoms with E-state index in [4.69, 9.17) is 5.73 Å². The number of benzene rings is 1. The van der Waals surface area contributed by atoms with Crippen LogP contribution in [0.2, 0.25) is 0 Å². The number of primary amides is 1. The minimum Gasteiger partial charge on any atom is -0.364 e. The number of fused-ring (bicyclic) bond motifs is 1. The zero-order chi connectivity index (χ0) is 18.7. The van der Waals surface area contributed by atoms with Crippen LogP contribution in [0.15, 0.2) is 27.6 Å². The highest BCUT2D eigenvalue weighted by Gasteiger charge is 2.27. The topological polar surface area (TPSA) is 105 Å². The molecular formula is C18H24BrN3O3S. The van der Waals surface area contributed by atoms with Gasteiger partial charge in [-0.25, -0.2) is 13.1 Å². The van der Waals surface area contributed by atoms with Crippen LogP contribution in [0.4, 0.5) is 0 Å². The highest BCUT2D eigenvalue weighted by atomic mass is 79.9. The molecule has 1 amide bonds. The third kappa shape index (κ3) is 4.29. The minimum atomic E-state index is -3.84. The fourth-order valence-electron chi connectivity index (χ4n) is 3.74. The lowest BCUT2D eigenvalue weighted by atomic mass is 9.86. The normalized spacial score (nSPS) is 16.2. The Hall–Kier alpha value is -1.38. The summed E-state index contributed by atoms with van der Waals surface area (Å²) >= 11 is 3.34. The average molecular weight is 442 g/mol. The summed E-state index contributed by atoms with van der Waals surface area (Å²) in [6.07, 6.45) is 8.19. The van der Waals surface area contributed by atoms with E-state index in [1.54, 1.807) is 18.2 Å². The van der Waals surface area contributed by atoms with Gasteiger partial charge < -0.3 is 10.7 Å². The van der Waals surface area contributed by atoms with Crippen molar-refractivity contribution in [3.8, 4) is 0 Å². The van der Waals surface area contributed by atoms with E-state index in [1.807, 2.05) is 0 Å². The van der Waals surface area contributed by atoms with Crippen LogP contribution in [0.1, 0.15) is 55.4 Å². The van der Waals surface area contributed by atoms with E-state index < -0.39 is 15.9 Å². The Balaban J connectivity index is 1.76. The highest BCUT2D eigenvalue weighted by Crippen LogP contribution is 2.30. The minimum absolute atomic E-state index is 0.0704. The second-order valence-corrected chi connectivity index (χ2v) is 9.55. The first-order valence-corrected chi connectivity index (χ1v) is 11.3. The summed E-state index contributed by atoms with van der Waals surface area (Å²) in [5, 5.41) is 0.452. The van der Waals surface area contributed by atoms with Crippen molar-refractivity contribution < 1.29 is 13.2 Å². The first-order valence-electron chi connectivity index (χ1n) is 8.99. The number of nitrogens with one attached hydrogen (secondary N) is 2. The summed E-state index contributed by atoms with van der Waals surface area (Å²) in [6.45, 7) is 0.359. The molecule has 0 aliphatic heterocycles. The van der Waals surface area contributed by atoms with Gasteiger partial charge in [-0.05, 0) is 37.0 Å². The summed E-state index contributed by atoms with van der Waals surface area (Å²) in [6, 6.07) is 5.17. The van der Waals surface area contributed by atoms with Crippen molar-refractivity contribution in [3.63, 3.8) is 0 Å². The summed E-state index contributed by atoms with van der Waals surface area (Å²) in [7, 11) is -3.84. The SMILES string of the molecule is NC(=O)c1[nH]c2ccc(Br)cc2c1S(=O)(=O)NCCCC1CCCCC1. The zero-order valence-electron chi connectivity index (χ0n) is 14.6. The maximum atomic E-state index is 12.8. The van der Waals surface area contributed by atoms with Crippen molar-refractivity contribution in [2.75, 3.05) is 6.54 Å². The predicted octanol–water partition coefficient (Wildman–Crippen LogP) is 3.67. The third-order valence-electron chi connectivity index (χ3n) is 5.03. The Labute approximate surface area is 162 Å². The molecular weight excluding hydrogens is 418 g/mol. The summed E-state index contributed by atoms with van der Waals surface area (Å²) in [5.41, 5.74) is 5.87. The number of rotatable bonds is 7. The van der Waals surface area contributed by atoms with Crippen LogP contribution in [0.25, 0.3) is 10.9 Å². The Kier molecular flexibility index (Phi) is 6.04. The Morgan fingerprint density at radius 2 is 2.00 bits per heavy atom. The van der Waals surface area contributed by atoms with E-state index in [2.05, 4.69) is 25.6 Å². The van der Waals surface area contributed by atoms with Gasteiger partial charge in [0.2, 0.25) is 10.0 Å². The molecule has 4 N–H and O–H groups in total. The van der Waals surface area contributed by atoms with E-state index in [0.717, 1.165) is 17.3 Å². The van der Waals surface area contributed by atoms with Crippen LogP contribution < -0.4 is 10.5 Å². The van der Waals surface area contributed by atoms with Gasteiger partial charge in [0.15, 0.2) is 0 Å². The van der Waals surface area contributed by atoms with E-state index >= 15 is 0 Å². The van der Waals surface area contributed by atoms with Crippen molar-refractivity contribution in [2.45, 2.75) is 49.8 Å². The summed E-state index contributed by atoms with van der Waals surface area (Å²) in [4.78, 5) is 14.5. The summed E-state index contributed by atoms with van der Waals surface area (Å²) < 4.78 is 29.0. The number of aromatic nitrogens is 1.